The van der Waals surface area contributed by atoms with Gasteiger partial charge in [0.25, 0.3) is 0 Å². The summed E-state index contributed by atoms with van der Waals surface area (Å²) in [7, 11) is -3.39. The van der Waals surface area contributed by atoms with Gasteiger partial charge in [-0.05, 0) is 55.5 Å². The molecule has 1 aliphatic rings. The number of hydrogen-bond acceptors (Lipinski definition) is 3. The lowest BCUT2D eigenvalue weighted by Crippen LogP contribution is -2.37. The van der Waals surface area contributed by atoms with Crippen molar-refractivity contribution in [3.8, 4) is 0 Å². The van der Waals surface area contributed by atoms with E-state index in [4.69, 9.17) is 0 Å². The van der Waals surface area contributed by atoms with Crippen LogP contribution in [-0.2, 0) is 10.0 Å². The van der Waals surface area contributed by atoms with Crippen LogP contribution in [0.2, 0.25) is 0 Å². The van der Waals surface area contributed by atoms with Gasteiger partial charge in [0.05, 0.1) is 10.6 Å². The average molecular weight is 356 g/mol. The number of nitrogens with zero attached hydrogens (tertiary/aromatic N) is 2. The van der Waals surface area contributed by atoms with E-state index in [-0.39, 0.29) is 0 Å². The van der Waals surface area contributed by atoms with Gasteiger partial charge in [-0.25, -0.2) is 8.42 Å². The van der Waals surface area contributed by atoms with Gasteiger partial charge in [-0.15, -0.1) is 0 Å². The molecule has 0 unspecified atom stereocenters. The Morgan fingerprint density at radius 3 is 2.20 bits per heavy atom. The van der Waals surface area contributed by atoms with Gasteiger partial charge >= 0.3 is 0 Å². The van der Waals surface area contributed by atoms with Crippen LogP contribution >= 0.6 is 0 Å². The number of piperidine rings is 1. The maximum absolute atomic E-state index is 12.7. The summed E-state index contributed by atoms with van der Waals surface area (Å²) in [6.07, 6.45) is 3.64. The Hall–Kier alpha value is -1.98. The maximum Gasteiger partial charge on any atom is 0.243 e. The minimum atomic E-state index is -3.39. The van der Waals surface area contributed by atoms with Crippen molar-refractivity contribution in [2.75, 3.05) is 13.1 Å². The van der Waals surface area contributed by atoms with Gasteiger partial charge in [0.2, 0.25) is 10.0 Å². The van der Waals surface area contributed by atoms with Gasteiger partial charge in [-0.2, -0.15) is 4.31 Å². The van der Waals surface area contributed by atoms with Crippen LogP contribution in [0.15, 0.2) is 58.4 Å². The summed E-state index contributed by atoms with van der Waals surface area (Å²) in [6, 6.07) is 14.9. The molecule has 4 nitrogen and oxygen atoms in total. The highest BCUT2D eigenvalue weighted by atomic mass is 32.2. The van der Waals surface area contributed by atoms with Gasteiger partial charge in [-0.1, -0.05) is 36.8 Å². The molecule has 0 atom stereocenters. The topological polar surface area (TPSA) is 49.7 Å². The second kappa shape index (κ2) is 7.50. The molecule has 3 rings (SSSR count). The first-order chi connectivity index (χ1) is 11.9. The fraction of sp³-hybridized carbons (Fsp3) is 0.350. The number of sulfonamides is 1. The highest BCUT2D eigenvalue weighted by Gasteiger charge is 2.27. The largest absolute Gasteiger partial charge is 0.256 e. The number of aliphatic imine (C=N–C) groups is 1. The Morgan fingerprint density at radius 1 is 1.00 bits per heavy atom. The lowest BCUT2D eigenvalue weighted by molar-refractivity contribution is 0.288. The van der Waals surface area contributed by atoms with E-state index in [1.54, 1.807) is 34.8 Å². The van der Waals surface area contributed by atoms with E-state index >= 15 is 0 Å². The molecule has 5 heteroatoms. The lowest BCUT2D eigenvalue weighted by Gasteiger charge is -2.29. The van der Waals surface area contributed by atoms with Crippen molar-refractivity contribution in [2.45, 2.75) is 31.6 Å². The Bertz CT molecular complexity index is 832. The third-order valence-corrected chi connectivity index (χ3v) is 6.57. The number of aryl methyl sites for hydroxylation is 1. The third-order valence-electron chi connectivity index (χ3n) is 4.66. The predicted octanol–water partition coefficient (Wildman–Crippen LogP) is 4.17. The van der Waals surface area contributed by atoms with Gasteiger partial charge in [0, 0.05) is 19.3 Å². The standard InChI is InChI=1S/C20H24N2O2S/c1-16-3-5-18(6-4-16)15-21-19-7-9-20(10-8-19)25(23,24)22-13-11-17(2)12-14-22/h3-10,15,17H,11-14H2,1-2H3. The summed E-state index contributed by atoms with van der Waals surface area (Å²) in [4.78, 5) is 4.76. The fourth-order valence-corrected chi connectivity index (χ4v) is 4.35. The molecule has 0 amide bonds. The Kier molecular flexibility index (Phi) is 5.35. The van der Waals surface area contributed by atoms with Crippen molar-refractivity contribution in [3.05, 3.63) is 59.7 Å². The minimum absolute atomic E-state index is 0.344. The van der Waals surface area contributed by atoms with E-state index in [0.29, 0.717) is 23.9 Å². The molecule has 0 spiro atoms. The smallest absolute Gasteiger partial charge is 0.243 e. The highest BCUT2D eigenvalue weighted by molar-refractivity contribution is 7.89. The maximum atomic E-state index is 12.7. The number of benzene rings is 2. The van der Waals surface area contributed by atoms with Crippen LogP contribution in [0, 0.1) is 12.8 Å². The fourth-order valence-electron chi connectivity index (χ4n) is 2.88. The molecule has 25 heavy (non-hydrogen) atoms. The molecule has 0 aromatic heterocycles. The van der Waals surface area contributed by atoms with Crippen molar-refractivity contribution in [1.29, 1.82) is 0 Å². The number of hydrogen-bond donors (Lipinski definition) is 0. The van der Waals surface area contributed by atoms with Gasteiger partial charge in [0.15, 0.2) is 0 Å². The molecule has 0 N–H and O–H groups in total. The van der Waals surface area contributed by atoms with E-state index < -0.39 is 10.0 Å². The van der Waals surface area contributed by atoms with E-state index in [1.165, 1.54) is 5.56 Å². The quantitative estimate of drug-likeness (QED) is 0.772. The summed E-state index contributed by atoms with van der Waals surface area (Å²) in [5, 5.41) is 0. The molecule has 0 radical (unpaired) electrons. The van der Waals surface area contributed by atoms with E-state index in [2.05, 4.69) is 11.9 Å². The molecule has 132 valence electrons. The van der Waals surface area contributed by atoms with Crippen LogP contribution in [0.4, 0.5) is 5.69 Å². The molecule has 2 aromatic carbocycles. The molecule has 1 heterocycles. The Labute approximate surface area is 150 Å². The Morgan fingerprint density at radius 2 is 1.60 bits per heavy atom. The molecular formula is C20H24N2O2S. The summed E-state index contributed by atoms with van der Waals surface area (Å²) < 4.78 is 27.0. The zero-order chi connectivity index (χ0) is 17.9. The summed E-state index contributed by atoms with van der Waals surface area (Å²) in [6.45, 7) is 5.43. The molecule has 1 fully saturated rings. The monoisotopic (exact) mass is 356 g/mol. The molecule has 1 saturated heterocycles. The van der Waals surface area contributed by atoms with Crippen molar-refractivity contribution in [2.24, 2.45) is 10.9 Å². The first-order valence-corrected chi connectivity index (χ1v) is 10.1. The van der Waals surface area contributed by atoms with Crippen LogP contribution in [0.3, 0.4) is 0 Å². The molecule has 2 aromatic rings. The van der Waals surface area contributed by atoms with Gasteiger partial charge in [-0.3, -0.25) is 4.99 Å². The second-order valence-corrected chi connectivity index (χ2v) is 8.69. The molecule has 0 saturated carbocycles. The second-order valence-electron chi connectivity index (χ2n) is 6.75. The average Bonchev–Trinajstić information content (AvgIpc) is 2.62. The lowest BCUT2D eigenvalue weighted by atomic mass is 10.0. The van der Waals surface area contributed by atoms with Crippen molar-refractivity contribution >= 4 is 21.9 Å². The van der Waals surface area contributed by atoms with Crippen LogP contribution in [0.5, 0.6) is 0 Å². The molecule has 0 bridgehead atoms. The normalized spacial score (nSPS) is 17.2. The van der Waals surface area contributed by atoms with Gasteiger partial charge < -0.3 is 0 Å². The predicted molar refractivity (Wildman–Crippen MR) is 102 cm³/mol. The van der Waals surface area contributed by atoms with Gasteiger partial charge in [0.1, 0.15) is 0 Å². The van der Waals surface area contributed by atoms with Crippen LogP contribution in [0.25, 0.3) is 0 Å². The first kappa shape index (κ1) is 17.8. The first-order valence-electron chi connectivity index (χ1n) is 8.66. The summed E-state index contributed by atoms with van der Waals surface area (Å²) in [5.74, 6) is 0.602. The van der Waals surface area contributed by atoms with Crippen LogP contribution in [-0.4, -0.2) is 32.0 Å². The zero-order valence-corrected chi connectivity index (χ0v) is 15.5. The Balaban J connectivity index is 1.72. The number of rotatable bonds is 4. The van der Waals surface area contributed by atoms with E-state index in [9.17, 15) is 8.42 Å². The third kappa shape index (κ3) is 4.35. The van der Waals surface area contributed by atoms with Crippen molar-refractivity contribution < 1.29 is 8.42 Å². The molecular weight excluding hydrogens is 332 g/mol. The zero-order valence-electron chi connectivity index (χ0n) is 14.7. The van der Waals surface area contributed by atoms with Crippen molar-refractivity contribution in [1.82, 2.24) is 4.31 Å². The highest BCUT2D eigenvalue weighted by Crippen LogP contribution is 2.24. The van der Waals surface area contributed by atoms with Crippen LogP contribution in [0.1, 0.15) is 30.9 Å². The summed E-state index contributed by atoms with van der Waals surface area (Å²) in [5.41, 5.74) is 2.97. The SMILES string of the molecule is Cc1ccc(C=Nc2ccc(S(=O)(=O)N3CCC(C)CC3)cc2)cc1. The molecule has 1 aliphatic heterocycles. The van der Waals surface area contributed by atoms with E-state index in [0.717, 1.165) is 24.1 Å². The molecule has 0 aliphatic carbocycles. The minimum Gasteiger partial charge on any atom is -0.256 e. The van der Waals surface area contributed by atoms with Crippen LogP contribution < -0.4 is 0 Å². The van der Waals surface area contributed by atoms with Crippen molar-refractivity contribution in [3.63, 3.8) is 0 Å². The summed E-state index contributed by atoms with van der Waals surface area (Å²) >= 11 is 0. The van der Waals surface area contributed by atoms with E-state index in [1.807, 2.05) is 31.2 Å².